The summed E-state index contributed by atoms with van der Waals surface area (Å²) in [7, 11) is 10.6. The van der Waals surface area contributed by atoms with Gasteiger partial charge in [0.25, 0.3) is 0 Å². The van der Waals surface area contributed by atoms with E-state index in [2.05, 4.69) is 338 Å². The Morgan fingerprint density at radius 3 is 1.01 bits per heavy atom. The Hall–Kier alpha value is -10.8. The Balaban J connectivity index is 0.000000139. The fraction of sp³-hybridized carbons (Fsp3) is 0.265. The molecule has 0 saturated heterocycles. The Labute approximate surface area is 646 Å². The van der Waals surface area contributed by atoms with Crippen molar-refractivity contribution in [3.05, 3.63) is 324 Å². The predicted octanol–water partition coefficient (Wildman–Crippen LogP) is 23.4. The molecule has 0 amide bonds. The highest BCUT2D eigenvalue weighted by molar-refractivity contribution is 5.87. The second-order valence-corrected chi connectivity index (χ2v) is 30.5. The van der Waals surface area contributed by atoms with Crippen LogP contribution in [0.4, 0.5) is 0 Å². The van der Waals surface area contributed by atoms with Gasteiger partial charge in [-0.15, -0.1) is 0 Å². The van der Waals surface area contributed by atoms with Gasteiger partial charge in [-0.1, -0.05) is 139 Å². The van der Waals surface area contributed by atoms with Crippen LogP contribution in [0.3, 0.4) is 0 Å². The molecule has 0 aliphatic rings. The summed E-state index contributed by atoms with van der Waals surface area (Å²) in [6, 6.07) is 76.8. The van der Waals surface area contributed by atoms with Crippen molar-refractivity contribution in [2.45, 2.75) is 145 Å². The van der Waals surface area contributed by atoms with Crippen LogP contribution >= 0.6 is 0 Å². The van der Waals surface area contributed by atoms with Gasteiger partial charge in [-0.2, -0.15) is 22.8 Å². The fourth-order valence-electron chi connectivity index (χ4n) is 15.9. The first kappa shape index (κ1) is 70.6. The Morgan fingerprint density at radius 1 is 0.271 bits per heavy atom. The minimum Gasteiger partial charge on any atom is -0.194 e. The van der Waals surface area contributed by atoms with Crippen molar-refractivity contribution >= 4 is 54.5 Å². The van der Waals surface area contributed by atoms with Crippen molar-refractivity contribution in [1.82, 2.24) is 0 Å². The van der Waals surface area contributed by atoms with Crippen molar-refractivity contribution in [1.29, 1.82) is 0 Å². The fourth-order valence-corrected chi connectivity index (χ4v) is 15.9. The molecule has 0 fully saturated rings. The molecular weight excluding hydrogens is 1300 g/mol. The Bertz CT molecular complexity index is 6010. The summed E-state index contributed by atoms with van der Waals surface area (Å²) in [5, 5.41) is 6.19. The van der Waals surface area contributed by atoms with Crippen LogP contribution in [-0.4, -0.2) is 0 Å². The average Bonchev–Trinajstić information content (AvgIpc) is 0.757. The third-order valence-corrected chi connectivity index (χ3v) is 22.1. The maximum Gasteiger partial charge on any atom is 0.213 e. The third-order valence-electron chi connectivity index (χ3n) is 22.1. The van der Waals surface area contributed by atoms with E-state index < -0.39 is 13.2 Å². The van der Waals surface area contributed by atoms with E-state index in [1.807, 2.05) is 58.2 Å². The Kier molecular flexibility index (Phi) is 21.5. The largest absolute Gasteiger partial charge is 0.213 e. The molecule has 5 nitrogen and oxygen atoms in total. The van der Waals surface area contributed by atoms with Crippen LogP contribution in [0.25, 0.3) is 111 Å². The molecule has 5 aromatic heterocycles. The molecule has 0 spiro atoms. The summed E-state index contributed by atoms with van der Waals surface area (Å²) in [6.45, 7) is 38.8. The maximum atomic E-state index is 8.54. The van der Waals surface area contributed by atoms with E-state index in [1.165, 1.54) is 166 Å². The van der Waals surface area contributed by atoms with Crippen LogP contribution in [0, 0.1) is 130 Å². The standard InChI is InChI=1S/C23H28N.2C21H24N.C19H20N.C18H18N/c1-15(2)12-19-8-7-9-22-20(19)10-11-23(24(22)6)21-14-16(3)13-17(4)18(21)5;2*1-13-10-15(3)17(5)18(11-13)20-12-16(4)21-14(2)8-7-9-19(21)22(20)6;1-13-11-14(2)15(3)17(12-13)19-10-9-16-7-5-6-8-18(16)20(19)4;1-13-8-10-16(14(2)12-13)18-11-9-15-6-4-5-7-17(15)19(18)3/h7-11,13-15H,12H2,1-6H3;2*7-12H,1-6H3;5-12H,1-4H3;4-12H,1-3H3/q5*+1/i12D2;;;;1D3. The van der Waals surface area contributed by atoms with Crippen LogP contribution in [0.15, 0.2) is 218 Å². The van der Waals surface area contributed by atoms with Gasteiger partial charge in [-0.25, -0.2) is 0 Å². The van der Waals surface area contributed by atoms with E-state index >= 15 is 0 Å². The molecule has 15 aromatic rings. The van der Waals surface area contributed by atoms with Crippen molar-refractivity contribution in [3.63, 3.8) is 0 Å². The summed E-state index contributed by atoms with van der Waals surface area (Å²) in [5.41, 5.74) is 41.9. The van der Waals surface area contributed by atoms with Gasteiger partial charge in [0.1, 0.15) is 35.2 Å². The van der Waals surface area contributed by atoms with Crippen LogP contribution in [-0.2, 0) is 41.6 Å². The molecule has 0 saturated carbocycles. The summed E-state index contributed by atoms with van der Waals surface area (Å²) in [5.74, 6) is -0.0836. The molecule has 0 radical (unpaired) electrons. The molecular formula is C102H114N5+5. The van der Waals surface area contributed by atoms with Crippen molar-refractivity contribution in [3.8, 4) is 56.3 Å². The number of rotatable bonds is 7. The number of nitrogens with zero attached hydrogens (tertiary/aromatic N) is 5. The number of pyridine rings is 5. The normalized spacial score (nSPS) is 12.1. The van der Waals surface area contributed by atoms with E-state index in [0.717, 1.165) is 44.5 Å². The summed E-state index contributed by atoms with van der Waals surface area (Å²) in [4.78, 5) is 0. The van der Waals surface area contributed by atoms with E-state index in [9.17, 15) is 0 Å². The number of aryl methyl sites for hydroxylation is 19. The second kappa shape index (κ2) is 32.5. The number of hydrogen-bond acceptors (Lipinski definition) is 0. The number of para-hydroxylation sites is 2. The van der Waals surface area contributed by atoms with Crippen LogP contribution in [0.1, 0.15) is 126 Å². The average molecular weight is 1420 g/mol. The lowest BCUT2D eigenvalue weighted by molar-refractivity contribution is -0.633. The monoisotopic (exact) mass is 1410 g/mol. The molecule has 0 bridgehead atoms. The Morgan fingerprint density at radius 2 is 0.607 bits per heavy atom. The maximum absolute atomic E-state index is 8.54. The first-order valence-electron chi connectivity index (χ1n) is 40.3. The molecule has 0 aliphatic carbocycles. The zero-order valence-electron chi connectivity index (χ0n) is 73.1. The highest BCUT2D eigenvalue weighted by Crippen LogP contribution is 2.34. The zero-order valence-corrected chi connectivity index (χ0v) is 68.1. The zero-order chi connectivity index (χ0) is 81.4. The SMILES string of the molecule is Cc1cc(C)c(C)c(-c2cc(C)c3c(C)cccc3[n+]2C)c1.Cc1cc(C)c(C)c(-c2cc(C)c3c(C)cccc3[n+]2C)c1.Cc1cc(C)c(C)c(-c2ccc3ccccc3[n+]2C)c1.[2H]C([2H])([2H])c1ccc(-c2ccc3ccccc3[n+]2C)c(C)c1.[2H]C([2H])(c1cccc2c1ccc(-c1cc(C)cc(C)c1C)[n+]2C)C(C)C. The predicted molar refractivity (Wildman–Crippen MR) is 457 cm³/mol. The molecule has 5 heteroatoms. The molecule has 0 atom stereocenters. The minimum atomic E-state index is -2.06. The molecule has 0 N–H and O–H groups in total. The highest BCUT2D eigenvalue weighted by Gasteiger charge is 2.25. The first-order valence-corrected chi connectivity index (χ1v) is 37.8. The molecule has 0 unspecified atom stereocenters. The van der Waals surface area contributed by atoms with Crippen LogP contribution in [0.5, 0.6) is 0 Å². The molecule has 107 heavy (non-hydrogen) atoms. The van der Waals surface area contributed by atoms with Gasteiger partial charge in [0, 0.05) is 111 Å². The smallest absolute Gasteiger partial charge is 0.194 e. The van der Waals surface area contributed by atoms with E-state index in [0.29, 0.717) is 5.56 Å². The van der Waals surface area contributed by atoms with Gasteiger partial charge < -0.3 is 0 Å². The molecule has 15 rings (SSSR count). The molecule has 542 valence electrons. The van der Waals surface area contributed by atoms with Crippen molar-refractivity contribution in [2.24, 2.45) is 41.2 Å². The number of fused-ring (bicyclic) bond motifs is 5. The minimum absolute atomic E-state index is 0.0836. The number of hydrogen-bond donors (Lipinski definition) is 0. The van der Waals surface area contributed by atoms with Gasteiger partial charge in [-0.3, -0.25) is 0 Å². The third kappa shape index (κ3) is 16.3. The summed E-state index contributed by atoms with van der Waals surface area (Å²) in [6.07, 6.45) is -1.36. The lowest BCUT2D eigenvalue weighted by Gasteiger charge is -2.12. The summed E-state index contributed by atoms with van der Waals surface area (Å²) >= 11 is 0. The van der Waals surface area contributed by atoms with Gasteiger partial charge in [-0.05, 0) is 275 Å². The van der Waals surface area contributed by atoms with Gasteiger partial charge >= 0.3 is 0 Å². The van der Waals surface area contributed by atoms with Gasteiger partial charge in [0.05, 0.1) is 10.8 Å². The molecule has 10 aromatic carbocycles. The summed E-state index contributed by atoms with van der Waals surface area (Å²) < 4.78 is 50.9. The van der Waals surface area contributed by atoms with Gasteiger partial charge in [0.2, 0.25) is 56.1 Å². The van der Waals surface area contributed by atoms with E-state index in [1.54, 1.807) is 12.1 Å². The first-order chi connectivity index (χ1) is 52.9. The quantitative estimate of drug-likeness (QED) is 0.142. The van der Waals surface area contributed by atoms with Gasteiger partial charge in [0.15, 0.2) is 0 Å². The molecule has 5 heterocycles. The number of aromatic nitrogens is 5. The van der Waals surface area contributed by atoms with Crippen molar-refractivity contribution < 1.29 is 29.7 Å². The molecule has 0 aliphatic heterocycles. The number of benzene rings is 10. The topological polar surface area (TPSA) is 19.4 Å². The van der Waals surface area contributed by atoms with Crippen molar-refractivity contribution in [2.75, 3.05) is 0 Å². The lowest BCUT2D eigenvalue weighted by Crippen LogP contribution is -2.32. The van der Waals surface area contributed by atoms with Crippen LogP contribution in [0.2, 0.25) is 0 Å². The highest BCUT2D eigenvalue weighted by atomic mass is 15.0. The van der Waals surface area contributed by atoms with E-state index in [-0.39, 0.29) is 5.92 Å². The second-order valence-electron chi connectivity index (χ2n) is 30.5. The lowest BCUT2D eigenvalue weighted by atomic mass is 9.95. The van der Waals surface area contributed by atoms with Crippen LogP contribution < -0.4 is 22.8 Å². The van der Waals surface area contributed by atoms with E-state index in [4.69, 9.17) is 6.85 Å².